The predicted octanol–water partition coefficient (Wildman–Crippen LogP) is 2.49. The summed E-state index contributed by atoms with van der Waals surface area (Å²) in [4.78, 5) is 31.7. The summed E-state index contributed by atoms with van der Waals surface area (Å²) in [7, 11) is 2.09. The van der Waals surface area contributed by atoms with Crippen LogP contribution in [0.1, 0.15) is 55.3 Å². The average Bonchev–Trinajstić information content (AvgIpc) is 3.50. The van der Waals surface area contributed by atoms with E-state index in [1.165, 1.54) is 18.5 Å². The first-order valence-corrected chi connectivity index (χ1v) is 11.2. The molecule has 1 aromatic rings. The molecule has 0 spiro atoms. The molecule has 1 aromatic carbocycles. The van der Waals surface area contributed by atoms with Gasteiger partial charge in [0, 0.05) is 62.5 Å². The fraction of sp³-hybridized carbons (Fsp3) is 0.652. The maximum atomic E-state index is 12.6. The summed E-state index contributed by atoms with van der Waals surface area (Å²) in [6.07, 6.45) is 7.45. The zero-order valence-corrected chi connectivity index (χ0v) is 17.6. The zero-order valence-electron chi connectivity index (χ0n) is 17.6. The fourth-order valence-corrected chi connectivity index (χ4v) is 4.99. The first-order chi connectivity index (χ1) is 14.1. The second-order valence-corrected chi connectivity index (χ2v) is 8.79. The van der Waals surface area contributed by atoms with E-state index < -0.39 is 0 Å². The number of rotatable bonds is 6. The Hall–Kier alpha value is -2.08. The van der Waals surface area contributed by atoms with Gasteiger partial charge in [0.25, 0.3) is 5.91 Å². The number of hydrogen-bond acceptors (Lipinski definition) is 4. The van der Waals surface area contributed by atoms with Crippen LogP contribution in [0.15, 0.2) is 24.3 Å². The number of hydrogen-bond donors (Lipinski definition) is 1. The molecule has 2 atom stereocenters. The number of carbonyl (C=O) groups is 2. The lowest BCUT2D eigenvalue weighted by Crippen LogP contribution is -2.42. The lowest BCUT2D eigenvalue weighted by molar-refractivity contribution is -0.131. The monoisotopic (exact) mass is 398 g/mol. The van der Waals surface area contributed by atoms with Crippen LogP contribution >= 0.6 is 0 Å². The molecule has 0 radical (unpaired) electrons. The van der Waals surface area contributed by atoms with Crippen molar-refractivity contribution in [2.45, 2.75) is 57.0 Å². The maximum absolute atomic E-state index is 12.6. The summed E-state index contributed by atoms with van der Waals surface area (Å²) in [6.45, 7) is 4.70. The minimum atomic E-state index is -0.0111. The van der Waals surface area contributed by atoms with Gasteiger partial charge in [-0.15, -0.1) is 0 Å². The van der Waals surface area contributed by atoms with E-state index in [1.54, 1.807) is 0 Å². The number of benzene rings is 1. The second kappa shape index (κ2) is 9.16. The van der Waals surface area contributed by atoms with Crippen LogP contribution in [0, 0.1) is 0 Å². The molecule has 0 unspecified atom stereocenters. The molecular weight excluding hydrogens is 364 g/mol. The van der Waals surface area contributed by atoms with Crippen LogP contribution < -0.4 is 10.2 Å². The van der Waals surface area contributed by atoms with E-state index in [0.29, 0.717) is 36.5 Å². The summed E-state index contributed by atoms with van der Waals surface area (Å²) in [5.41, 5.74) is 1.93. The number of carbonyl (C=O) groups excluding carboxylic acids is 2. The van der Waals surface area contributed by atoms with Crippen LogP contribution in [0.5, 0.6) is 0 Å². The van der Waals surface area contributed by atoms with Gasteiger partial charge in [0.2, 0.25) is 5.91 Å². The Morgan fingerprint density at radius 3 is 2.24 bits per heavy atom. The summed E-state index contributed by atoms with van der Waals surface area (Å²) >= 11 is 0. The van der Waals surface area contributed by atoms with E-state index >= 15 is 0 Å². The third-order valence-corrected chi connectivity index (χ3v) is 6.95. The van der Waals surface area contributed by atoms with E-state index in [2.05, 4.69) is 34.3 Å². The SMILES string of the molecule is CN1[C@@H](CC(=O)N2CCCC2)CC[C@H]1CNC(=O)c1ccc(N2CCCC2)cc1. The van der Waals surface area contributed by atoms with Gasteiger partial charge < -0.3 is 15.1 Å². The summed E-state index contributed by atoms with van der Waals surface area (Å²) in [6, 6.07) is 8.57. The molecule has 2 amide bonds. The number of nitrogens with zero attached hydrogens (tertiary/aromatic N) is 3. The van der Waals surface area contributed by atoms with Crippen molar-refractivity contribution >= 4 is 17.5 Å². The third-order valence-electron chi connectivity index (χ3n) is 6.95. The molecular formula is C23H34N4O2. The number of likely N-dealkylation sites (tertiary alicyclic amines) is 2. The van der Waals surface area contributed by atoms with E-state index in [1.807, 2.05) is 17.0 Å². The van der Waals surface area contributed by atoms with E-state index in [4.69, 9.17) is 0 Å². The van der Waals surface area contributed by atoms with Crippen LogP contribution in [-0.2, 0) is 4.79 Å². The van der Waals surface area contributed by atoms with E-state index in [0.717, 1.165) is 51.9 Å². The molecule has 6 heteroatoms. The quantitative estimate of drug-likeness (QED) is 0.800. The van der Waals surface area contributed by atoms with Crippen molar-refractivity contribution in [3.8, 4) is 0 Å². The molecule has 3 aliphatic rings. The number of likely N-dealkylation sites (N-methyl/N-ethyl adjacent to an activating group) is 1. The topological polar surface area (TPSA) is 55.9 Å². The molecule has 6 nitrogen and oxygen atoms in total. The highest BCUT2D eigenvalue weighted by Crippen LogP contribution is 2.26. The van der Waals surface area contributed by atoms with E-state index in [-0.39, 0.29) is 5.91 Å². The van der Waals surface area contributed by atoms with Gasteiger partial charge in [-0.25, -0.2) is 0 Å². The lowest BCUT2D eigenvalue weighted by Gasteiger charge is -2.27. The summed E-state index contributed by atoms with van der Waals surface area (Å²) in [5, 5.41) is 3.10. The zero-order chi connectivity index (χ0) is 20.2. The first kappa shape index (κ1) is 20.2. The minimum absolute atomic E-state index is 0.0111. The van der Waals surface area contributed by atoms with Crippen molar-refractivity contribution in [3.05, 3.63) is 29.8 Å². The highest BCUT2D eigenvalue weighted by atomic mass is 16.2. The third kappa shape index (κ3) is 4.74. The Kier molecular flexibility index (Phi) is 6.38. The molecule has 0 aromatic heterocycles. The molecule has 0 saturated carbocycles. The van der Waals surface area contributed by atoms with Gasteiger partial charge in [0.1, 0.15) is 0 Å². The molecule has 3 heterocycles. The number of nitrogens with one attached hydrogen (secondary N) is 1. The van der Waals surface area contributed by atoms with Crippen molar-refractivity contribution in [1.82, 2.24) is 15.1 Å². The molecule has 29 heavy (non-hydrogen) atoms. The highest BCUT2D eigenvalue weighted by Gasteiger charge is 2.33. The van der Waals surface area contributed by atoms with Gasteiger partial charge in [-0.05, 0) is 69.8 Å². The average molecular weight is 399 g/mol. The molecule has 3 fully saturated rings. The van der Waals surface area contributed by atoms with Crippen molar-refractivity contribution in [1.29, 1.82) is 0 Å². The predicted molar refractivity (Wildman–Crippen MR) is 115 cm³/mol. The normalized spacial score (nSPS) is 25.0. The number of anilines is 1. The van der Waals surface area contributed by atoms with Crippen molar-refractivity contribution in [2.24, 2.45) is 0 Å². The Balaban J connectivity index is 1.24. The van der Waals surface area contributed by atoms with Crippen molar-refractivity contribution in [3.63, 3.8) is 0 Å². The van der Waals surface area contributed by atoms with Crippen LogP contribution in [0.3, 0.4) is 0 Å². The Morgan fingerprint density at radius 1 is 0.931 bits per heavy atom. The van der Waals surface area contributed by atoms with Gasteiger partial charge in [-0.1, -0.05) is 0 Å². The molecule has 1 N–H and O–H groups in total. The Bertz CT molecular complexity index is 708. The molecule has 0 bridgehead atoms. The minimum Gasteiger partial charge on any atom is -0.372 e. The fourth-order valence-electron chi connectivity index (χ4n) is 4.99. The van der Waals surface area contributed by atoms with Gasteiger partial charge in [-0.3, -0.25) is 14.5 Å². The van der Waals surface area contributed by atoms with Gasteiger partial charge in [0.05, 0.1) is 0 Å². The van der Waals surface area contributed by atoms with Crippen molar-refractivity contribution in [2.75, 3.05) is 44.7 Å². The highest BCUT2D eigenvalue weighted by molar-refractivity contribution is 5.94. The van der Waals surface area contributed by atoms with Crippen molar-refractivity contribution < 1.29 is 9.59 Å². The molecule has 3 saturated heterocycles. The maximum Gasteiger partial charge on any atom is 0.251 e. The molecule has 158 valence electrons. The largest absolute Gasteiger partial charge is 0.372 e. The lowest BCUT2D eigenvalue weighted by atomic mass is 10.1. The molecule has 4 rings (SSSR count). The van der Waals surface area contributed by atoms with Crippen LogP contribution in [0.25, 0.3) is 0 Å². The van der Waals surface area contributed by atoms with Crippen LogP contribution in [-0.4, -0.2) is 73.5 Å². The number of amides is 2. The Labute approximate surface area is 174 Å². The molecule has 0 aliphatic carbocycles. The smallest absolute Gasteiger partial charge is 0.251 e. The van der Waals surface area contributed by atoms with Crippen LogP contribution in [0.4, 0.5) is 5.69 Å². The van der Waals surface area contributed by atoms with Crippen LogP contribution in [0.2, 0.25) is 0 Å². The standard InChI is InChI=1S/C23H34N4O2/c1-25-20(16-22(28)27-14-4-5-15-27)10-11-21(25)17-24-23(29)18-6-8-19(9-7-18)26-12-2-3-13-26/h6-9,20-21H,2-5,10-17H2,1H3,(H,24,29)/t20-,21+/m1/s1. The first-order valence-electron chi connectivity index (χ1n) is 11.2. The molecule has 3 aliphatic heterocycles. The second-order valence-electron chi connectivity index (χ2n) is 8.79. The van der Waals surface area contributed by atoms with Gasteiger partial charge in [0.15, 0.2) is 0 Å². The summed E-state index contributed by atoms with van der Waals surface area (Å²) in [5.74, 6) is 0.282. The Morgan fingerprint density at radius 2 is 1.55 bits per heavy atom. The van der Waals surface area contributed by atoms with E-state index in [9.17, 15) is 9.59 Å². The van der Waals surface area contributed by atoms with Gasteiger partial charge >= 0.3 is 0 Å². The summed E-state index contributed by atoms with van der Waals surface area (Å²) < 4.78 is 0. The van der Waals surface area contributed by atoms with Gasteiger partial charge in [-0.2, -0.15) is 0 Å².